The molecule has 7 rings (SSSR count). The predicted octanol–water partition coefficient (Wildman–Crippen LogP) is 4.85. The van der Waals surface area contributed by atoms with E-state index >= 15 is 0 Å². The Labute approximate surface area is 229 Å². The summed E-state index contributed by atoms with van der Waals surface area (Å²) in [6.07, 6.45) is 2.56. The zero-order chi connectivity index (χ0) is 26.4. The van der Waals surface area contributed by atoms with Crippen LogP contribution < -0.4 is 10.6 Å². The van der Waals surface area contributed by atoms with Crippen LogP contribution in [0.25, 0.3) is 11.6 Å². The lowest BCUT2D eigenvalue weighted by molar-refractivity contribution is -0.119. The van der Waals surface area contributed by atoms with Crippen LogP contribution in [0.15, 0.2) is 64.0 Å². The Bertz CT molecular complexity index is 1550. The number of ketones is 1. The third-order valence-corrected chi connectivity index (χ3v) is 8.84. The first-order valence-corrected chi connectivity index (χ1v) is 14.1. The number of carbonyl (C=O) groups is 1. The number of anilines is 2. The second-order valence-corrected chi connectivity index (χ2v) is 11.6. The summed E-state index contributed by atoms with van der Waals surface area (Å²) >= 11 is 1.65. The zero-order valence-electron chi connectivity index (χ0n) is 21.5. The second kappa shape index (κ2) is 9.69. The normalized spacial score (nSPS) is 21.7. The number of aliphatic imine (C=N–C) groups is 1. The van der Waals surface area contributed by atoms with Gasteiger partial charge in [-0.05, 0) is 24.8 Å². The van der Waals surface area contributed by atoms with E-state index in [2.05, 4.69) is 27.8 Å². The second-order valence-electron chi connectivity index (χ2n) is 10.6. The Morgan fingerprint density at radius 1 is 1.03 bits per heavy atom. The van der Waals surface area contributed by atoms with Gasteiger partial charge in [0.15, 0.2) is 17.6 Å². The lowest BCUT2D eigenvalue weighted by atomic mass is 9.96. The van der Waals surface area contributed by atoms with Crippen LogP contribution in [0.2, 0.25) is 0 Å². The molecule has 0 bridgehead atoms. The molecule has 2 atom stereocenters. The number of thiazole rings is 1. The number of fused-ring (bicyclic) bond motifs is 1. The Hall–Kier alpha value is -3.89. The van der Waals surface area contributed by atoms with Crippen LogP contribution in [0, 0.1) is 0 Å². The van der Waals surface area contributed by atoms with Gasteiger partial charge in [0.05, 0.1) is 18.4 Å². The lowest BCUT2D eigenvalue weighted by Gasteiger charge is -2.12. The molecule has 198 valence electrons. The quantitative estimate of drug-likeness (QED) is 0.342. The predicted molar refractivity (Wildman–Crippen MR) is 149 cm³/mol. The van der Waals surface area contributed by atoms with Crippen molar-refractivity contribution >= 4 is 33.8 Å². The SMILES string of the molecule is CC1(c2nc(-c3nnc(N[C@H]4N=C(c5ccccc5)c5ccccc5CC4=O)o3)c(N[C@@H]3CCOC3)s2)CC1. The summed E-state index contributed by atoms with van der Waals surface area (Å²) in [5.74, 6) is 0.233. The summed E-state index contributed by atoms with van der Waals surface area (Å²) in [4.78, 5) is 23.1. The van der Waals surface area contributed by atoms with E-state index in [0.717, 1.165) is 58.3 Å². The maximum atomic E-state index is 13.3. The third-order valence-electron chi connectivity index (χ3n) is 7.54. The van der Waals surface area contributed by atoms with Crippen LogP contribution in [0.5, 0.6) is 0 Å². The van der Waals surface area contributed by atoms with Crippen LogP contribution in [0.1, 0.15) is 47.9 Å². The van der Waals surface area contributed by atoms with E-state index in [4.69, 9.17) is 19.1 Å². The highest BCUT2D eigenvalue weighted by atomic mass is 32.1. The van der Waals surface area contributed by atoms with Gasteiger partial charge in [-0.25, -0.2) is 4.98 Å². The van der Waals surface area contributed by atoms with E-state index in [0.29, 0.717) is 18.2 Å². The molecule has 4 heterocycles. The number of benzene rings is 2. The summed E-state index contributed by atoms with van der Waals surface area (Å²) in [5, 5.41) is 17.2. The van der Waals surface area contributed by atoms with Gasteiger partial charge in [-0.2, -0.15) is 0 Å². The van der Waals surface area contributed by atoms with Gasteiger partial charge in [0.2, 0.25) is 0 Å². The highest BCUT2D eigenvalue weighted by molar-refractivity contribution is 7.16. The third kappa shape index (κ3) is 4.74. The molecule has 0 spiro atoms. The van der Waals surface area contributed by atoms with E-state index in [-0.39, 0.29) is 29.7 Å². The molecule has 1 saturated carbocycles. The Morgan fingerprint density at radius 2 is 1.85 bits per heavy atom. The van der Waals surface area contributed by atoms with Crippen molar-refractivity contribution in [2.24, 2.45) is 4.99 Å². The van der Waals surface area contributed by atoms with E-state index < -0.39 is 6.17 Å². The molecule has 1 aliphatic carbocycles. The van der Waals surface area contributed by atoms with Crippen LogP contribution >= 0.6 is 11.3 Å². The molecule has 1 saturated heterocycles. The number of Topliss-reactive ketones (excluding diaryl/α,β-unsaturated/α-hetero) is 1. The van der Waals surface area contributed by atoms with Crippen molar-refractivity contribution in [3.63, 3.8) is 0 Å². The topological polar surface area (TPSA) is 115 Å². The number of nitrogens with one attached hydrogen (secondary N) is 2. The highest BCUT2D eigenvalue weighted by Crippen LogP contribution is 2.51. The first kappa shape index (κ1) is 24.2. The molecule has 2 fully saturated rings. The van der Waals surface area contributed by atoms with Gasteiger partial charge in [-0.3, -0.25) is 9.79 Å². The highest BCUT2D eigenvalue weighted by Gasteiger charge is 2.43. The van der Waals surface area contributed by atoms with Crippen molar-refractivity contribution in [3.05, 3.63) is 76.3 Å². The fourth-order valence-electron chi connectivity index (χ4n) is 4.95. The molecular weight excluding hydrogens is 512 g/mol. The molecule has 10 heteroatoms. The van der Waals surface area contributed by atoms with Crippen LogP contribution in [0.3, 0.4) is 0 Å². The molecule has 0 amide bonds. The van der Waals surface area contributed by atoms with Crippen LogP contribution in [0.4, 0.5) is 11.0 Å². The summed E-state index contributed by atoms with van der Waals surface area (Å²) < 4.78 is 11.6. The van der Waals surface area contributed by atoms with Gasteiger partial charge in [0.1, 0.15) is 10.0 Å². The maximum Gasteiger partial charge on any atom is 0.317 e. The number of aromatic nitrogens is 3. The summed E-state index contributed by atoms with van der Waals surface area (Å²) in [6, 6.07) is 18.1. The molecule has 0 radical (unpaired) electrons. The van der Waals surface area contributed by atoms with E-state index in [9.17, 15) is 4.79 Å². The van der Waals surface area contributed by atoms with Gasteiger partial charge in [-0.1, -0.05) is 66.6 Å². The number of nitrogens with zero attached hydrogens (tertiary/aromatic N) is 4. The average Bonchev–Trinajstić information content (AvgIpc) is 3.33. The minimum atomic E-state index is -0.870. The number of carbonyl (C=O) groups excluding carboxylic acids is 1. The van der Waals surface area contributed by atoms with Gasteiger partial charge in [-0.15, -0.1) is 16.4 Å². The van der Waals surface area contributed by atoms with Crippen LogP contribution in [-0.4, -0.2) is 52.1 Å². The molecule has 2 N–H and O–H groups in total. The van der Waals surface area contributed by atoms with E-state index in [1.807, 2.05) is 54.6 Å². The number of rotatable bonds is 7. The van der Waals surface area contributed by atoms with Gasteiger partial charge in [0, 0.05) is 29.6 Å². The van der Waals surface area contributed by atoms with Gasteiger partial charge >= 0.3 is 6.01 Å². The fourth-order valence-corrected chi connectivity index (χ4v) is 6.19. The number of hydrogen-bond acceptors (Lipinski definition) is 10. The molecule has 0 unspecified atom stereocenters. The molecule has 9 nitrogen and oxygen atoms in total. The van der Waals surface area contributed by atoms with Crippen molar-refractivity contribution in [2.75, 3.05) is 23.8 Å². The standard InChI is InChI=1S/C29H28N6O3S/c1-29(12-13-29)27-32-23(26(39-27)30-19-11-14-37-16-19)25-34-35-28(38-25)33-24-21(36)15-18-9-5-6-10-20(18)22(31-24)17-7-3-2-4-8-17/h2-10,19,24,30H,11-16H2,1H3,(H,33,35)/t19-,24-/m1/s1. The van der Waals surface area contributed by atoms with Crippen molar-refractivity contribution < 1.29 is 13.9 Å². The van der Waals surface area contributed by atoms with E-state index in [1.54, 1.807) is 11.3 Å². The minimum Gasteiger partial charge on any atom is -0.402 e. The van der Waals surface area contributed by atoms with E-state index in [1.165, 1.54) is 0 Å². The Kier molecular flexibility index (Phi) is 6.01. The first-order chi connectivity index (χ1) is 19.1. The Morgan fingerprint density at radius 3 is 2.64 bits per heavy atom. The lowest BCUT2D eigenvalue weighted by Crippen LogP contribution is -2.29. The molecular formula is C29H28N6O3S. The molecule has 4 aromatic rings. The summed E-state index contributed by atoms with van der Waals surface area (Å²) in [6.45, 7) is 3.64. The van der Waals surface area contributed by atoms with Gasteiger partial charge in [0.25, 0.3) is 5.89 Å². The molecule has 39 heavy (non-hydrogen) atoms. The minimum absolute atomic E-state index is 0.0747. The van der Waals surface area contributed by atoms with Crippen molar-refractivity contribution in [3.8, 4) is 11.6 Å². The largest absolute Gasteiger partial charge is 0.402 e. The average molecular weight is 541 g/mol. The maximum absolute atomic E-state index is 13.3. The van der Waals surface area contributed by atoms with Crippen molar-refractivity contribution in [1.29, 1.82) is 0 Å². The molecule has 2 aliphatic heterocycles. The number of ether oxygens (including phenoxy) is 1. The molecule has 3 aliphatic rings. The molecule has 2 aromatic heterocycles. The fraction of sp³-hybridized carbons (Fsp3) is 0.345. The number of hydrogen-bond donors (Lipinski definition) is 2. The monoisotopic (exact) mass is 540 g/mol. The zero-order valence-corrected chi connectivity index (χ0v) is 22.3. The van der Waals surface area contributed by atoms with Crippen LogP contribution in [-0.2, 0) is 21.4 Å². The molecule has 2 aromatic carbocycles. The smallest absolute Gasteiger partial charge is 0.317 e. The van der Waals surface area contributed by atoms with Crippen molar-refractivity contribution in [2.45, 2.75) is 50.2 Å². The summed E-state index contributed by atoms with van der Waals surface area (Å²) in [7, 11) is 0. The summed E-state index contributed by atoms with van der Waals surface area (Å²) in [5.41, 5.74) is 4.33. The van der Waals surface area contributed by atoms with Gasteiger partial charge < -0.3 is 19.8 Å². The Balaban J connectivity index is 1.20. The first-order valence-electron chi connectivity index (χ1n) is 13.3. The van der Waals surface area contributed by atoms with Crippen molar-refractivity contribution in [1.82, 2.24) is 15.2 Å².